The third kappa shape index (κ3) is 4.14. The van der Waals surface area contributed by atoms with Crippen molar-refractivity contribution in [1.29, 1.82) is 0 Å². The molecule has 3 rings (SSSR count). The minimum absolute atomic E-state index is 0.0630. The fourth-order valence-corrected chi connectivity index (χ4v) is 4.43. The zero-order valence-electron chi connectivity index (χ0n) is 16.6. The Kier molecular flexibility index (Phi) is 6.57. The van der Waals surface area contributed by atoms with Crippen LogP contribution in [0, 0.1) is 0 Å². The fourth-order valence-electron chi connectivity index (χ4n) is 3.25. The number of hydrogen-bond donors (Lipinski definition) is 0. The van der Waals surface area contributed by atoms with Crippen LogP contribution < -0.4 is 18.9 Å². The summed E-state index contributed by atoms with van der Waals surface area (Å²) in [4.78, 5) is 14.5. The van der Waals surface area contributed by atoms with Crippen LogP contribution in [0.5, 0.6) is 23.0 Å². The van der Waals surface area contributed by atoms with Gasteiger partial charge in [0.05, 0.1) is 33.7 Å². The number of methoxy groups -OCH3 is 3. The lowest BCUT2D eigenvalue weighted by Crippen LogP contribution is -2.27. The highest BCUT2D eigenvalue weighted by Crippen LogP contribution is 2.43. The molecule has 2 aromatic rings. The number of ether oxygens (including phenoxy) is 4. The molecular weight excluding hydrogens is 378 g/mol. The quantitative estimate of drug-likeness (QED) is 0.667. The number of carbonyl (C=O) groups excluding carboxylic acids is 1. The van der Waals surface area contributed by atoms with E-state index in [0.717, 1.165) is 16.9 Å². The molecule has 1 aliphatic heterocycles. The molecule has 6 nitrogen and oxygen atoms in total. The van der Waals surface area contributed by atoms with Crippen LogP contribution in [0.4, 0.5) is 0 Å². The number of rotatable bonds is 8. The topological polar surface area (TPSA) is 57.2 Å². The van der Waals surface area contributed by atoms with Crippen molar-refractivity contribution in [2.75, 3.05) is 33.7 Å². The molecule has 0 N–H and O–H groups in total. The maximum atomic E-state index is 12.6. The van der Waals surface area contributed by atoms with Crippen molar-refractivity contribution < 1.29 is 23.7 Å². The molecule has 0 saturated carbocycles. The van der Waals surface area contributed by atoms with E-state index in [1.165, 1.54) is 0 Å². The van der Waals surface area contributed by atoms with Crippen molar-refractivity contribution in [3.63, 3.8) is 0 Å². The van der Waals surface area contributed by atoms with Crippen molar-refractivity contribution in [2.24, 2.45) is 0 Å². The Labute approximate surface area is 169 Å². The molecule has 7 heteroatoms. The zero-order valence-corrected chi connectivity index (χ0v) is 17.4. The number of amides is 1. The first-order valence-electron chi connectivity index (χ1n) is 9.04. The van der Waals surface area contributed by atoms with Gasteiger partial charge in [-0.15, -0.1) is 11.8 Å². The van der Waals surface area contributed by atoms with Crippen molar-refractivity contribution >= 4 is 17.7 Å². The summed E-state index contributed by atoms with van der Waals surface area (Å²) in [5.41, 5.74) is 1.96. The largest absolute Gasteiger partial charge is 0.494 e. The minimum atomic E-state index is -0.0630. The van der Waals surface area contributed by atoms with Gasteiger partial charge in [0.25, 0.3) is 0 Å². The summed E-state index contributed by atoms with van der Waals surface area (Å²) in [5.74, 6) is 3.06. The van der Waals surface area contributed by atoms with Crippen molar-refractivity contribution in [3.05, 3.63) is 47.5 Å². The Balaban J connectivity index is 1.89. The highest BCUT2D eigenvalue weighted by atomic mass is 32.2. The molecule has 1 fully saturated rings. The van der Waals surface area contributed by atoms with E-state index in [4.69, 9.17) is 18.9 Å². The third-order valence-electron chi connectivity index (χ3n) is 4.50. The average Bonchev–Trinajstić information content (AvgIpc) is 3.08. The molecule has 1 saturated heterocycles. The first-order chi connectivity index (χ1) is 13.6. The average molecular weight is 404 g/mol. The highest BCUT2D eigenvalue weighted by molar-refractivity contribution is 8.00. The summed E-state index contributed by atoms with van der Waals surface area (Å²) in [6.45, 7) is 3.01. The second kappa shape index (κ2) is 9.10. The number of carbonyl (C=O) groups is 1. The molecule has 0 aliphatic carbocycles. The summed E-state index contributed by atoms with van der Waals surface area (Å²) in [5, 5.41) is -0.0630. The van der Waals surface area contributed by atoms with Gasteiger partial charge >= 0.3 is 0 Å². The Morgan fingerprint density at radius 1 is 1.07 bits per heavy atom. The first kappa shape index (κ1) is 20.2. The number of thioether (sulfide) groups is 1. The molecule has 0 aromatic heterocycles. The molecular formula is C21H25NO5S. The van der Waals surface area contributed by atoms with E-state index >= 15 is 0 Å². The van der Waals surface area contributed by atoms with Gasteiger partial charge in [-0.2, -0.15) is 0 Å². The molecule has 1 unspecified atom stereocenters. The summed E-state index contributed by atoms with van der Waals surface area (Å²) in [6, 6.07) is 11.7. The van der Waals surface area contributed by atoms with Crippen molar-refractivity contribution in [3.8, 4) is 23.0 Å². The lowest BCUT2D eigenvalue weighted by Gasteiger charge is -2.25. The van der Waals surface area contributed by atoms with E-state index < -0.39 is 0 Å². The van der Waals surface area contributed by atoms with Crippen LogP contribution in [0.3, 0.4) is 0 Å². The first-order valence-corrected chi connectivity index (χ1v) is 10.1. The highest BCUT2D eigenvalue weighted by Gasteiger charge is 2.33. The molecule has 150 valence electrons. The van der Waals surface area contributed by atoms with Gasteiger partial charge in [-0.3, -0.25) is 4.79 Å². The van der Waals surface area contributed by atoms with E-state index in [-0.39, 0.29) is 11.3 Å². The maximum absolute atomic E-state index is 12.6. The van der Waals surface area contributed by atoms with Crippen LogP contribution in [-0.2, 0) is 11.3 Å². The van der Waals surface area contributed by atoms with Gasteiger partial charge in [-0.25, -0.2) is 0 Å². The van der Waals surface area contributed by atoms with Gasteiger partial charge in [-0.1, -0.05) is 12.1 Å². The van der Waals surface area contributed by atoms with Crippen molar-refractivity contribution in [2.45, 2.75) is 18.8 Å². The van der Waals surface area contributed by atoms with E-state index in [2.05, 4.69) is 0 Å². The van der Waals surface area contributed by atoms with Crippen LogP contribution >= 0.6 is 11.8 Å². The summed E-state index contributed by atoms with van der Waals surface area (Å²) in [6.07, 6.45) is 0. The Morgan fingerprint density at radius 2 is 1.79 bits per heavy atom. The molecule has 0 spiro atoms. The molecule has 0 radical (unpaired) electrons. The summed E-state index contributed by atoms with van der Waals surface area (Å²) in [7, 11) is 4.74. The van der Waals surface area contributed by atoms with E-state index in [1.807, 2.05) is 48.2 Å². The lowest BCUT2D eigenvalue weighted by atomic mass is 10.1. The Bertz CT molecular complexity index is 816. The molecule has 2 aromatic carbocycles. The van der Waals surface area contributed by atoms with Crippen LogP contribution in [0.2, 0.25) is 0 Å². The van der Waals surface area contributed by atoms with E-state index in [0.29, 0.717) is 36.2 Å². The summed E-state index contributed by atoms with van der Waals surface area (Å²) >= 11 is 1.62. The normalized spacial score (nSPS) is 16.2. The van der Waals surface area contributed by atoms with Gasteiger partial charge in [-0.05, 0) is 42.3 Å². The molecule has 1 heterocycles. The zero-order chi connectivity index (χ0) is 20.1. The van der Waals surface area contributed by atoms with Gasteiger partial charge in [0.15, 0.2) is 11.5 Å². The minimum Gasteiger partial charge on any atom is -0.494 e. The number of nitrogens with zero attached hydrogens (tertiary/aromatic N) is 1. The van der Waals surface area contributed by atoms with Gasteiger partial charge in [0.1, 0.15) is 11.1 Å². The van der Waals surface area contributed by atoms with Crippen molar-refractivity contribution in [1.82, 2.24) is 4.90 Å². The maximum Gasteiger partial charge on any atom is 0.234 e. The standard InChI is InChI=1S/C21H25NO5S/c1-5-27-16-8-6-7-15(11-16)21-22(19(23)13-28-21)12-14-9-17(24-2)20(26-4)18(10-14)25-3/h6-11,21H,5,12-13H2,1-4H3. The second-order valence-electron chi connectivity index (χ2n) is 6.22. The molecule has 1 amide bonds. The molecule has 1 aliphatic rings. The summed E-state index contributed by atoms with van der Waals surface area (Å²) < 4.78 is 21.9. The predicted octanol–water partition coefficient (Wildman–Crippen LogP) is 3.89. The van der Waals surface area contributed by atoms with Gasteiger partial charge < -0.3 is 23.8 Å². The number of hydrogen-bond acceptors (Lipinski definition) is 6. The molecule has 0 bridgehead atoms. The number of benzene rings is 2. The molecule has 28 heavy (non-hydrogen) atoms. The van der Waals surface area contributed by atoms with Crippen LogP contribution in [-0.4, -0.2) is 44.5 Å². The Hall–Kier alpha value is -2.54. The Morgan fingerprint density at radius 3 is 2.39 bits per heavy atom. The van der Waals surface area contributed by atoms with Gasteiger partial charge in [0.2, 0.25) is 11.7 Å². The van der Waals surface area contributed by atoms with E-state index in [1.54, 1.807) is 33.1 Å². The van der Waals surface area contributed by atoms with Gasteiger partial charge in [0, 0.05) is 6.54 Å². The van der Waals surface area contributed by atoms with Crippen LogP contribution in [0.25, 0.3) is 0 Å². The van der Waals surface area contributed by atoms with Crippen LogP contribution in [0.15, 0.2) is 36.4 Å². The monoisotopic (exact) mass is 403 g/mol. The lowest BCUT2D eigenvalue weighted by molar-refractivity contribution is -0.128. The SMILES string of the molecule is CCOc1cccc(C2SCC(=O)N2Cc2cc(OC)c(OC)c(OC)c2)c1. The van der Waals surface area contributed by atoms with E-state index in [9.17, 15) is 4.79 Å². The molecule has 1 atom stereocenters. The second-order valence-corrected chi connectivity index (χ2v) is 7.29. The predicted molar refractivity (Wildman–Crippen MR) is 109 cm³/mol. The third-order valence-corrected chi connectivity index (χ3v) is 5.76. The fraction of sp³-hybridized carbons (Fsp3) is 0.381. The van der Waals surface area contributed by atoms with Crippen LogP contribution in [0.1, 0.15) is 23.4 Å². The smallest absolute Gasteiger partial charge is 0.234 e.